The lowest BCUT2D eigenvalue weighted by atomic mass is 10.0. The van der Waals surface area contributed by atoms with Gasteiger partial charge in [0.15, 0.2) is 11.5 Å². The van der Waals surface area contributed by atoms with Crippen molar-refractivity contribution in [2.75, 3.05) is 32.2 Å². The van der Waals surface area contributed by atoms with Crippen molar-refractivity contribution in [2.24, 2.45) is 0 Å². The Morgan fingerprint density at radius 1 is 0.784 bits per heavy atom. The molecule has 0 radical (unpaired) electrons. The average Bonchev–Trinajstić information content (AvgIpc) is 3.08. The molecule has 4 rings (SSSR count). The Kier molecular flexibility index (Phi) is 13.1. The summed E-state index contributed by atoms with van der Waals surface area (Å²) in [6, 6.07) is 21.4. The van der Waals surface area contributed by atoms with Gasteiger partial charge in [-0.2, -0.15) is 0 Å². The van der Waals surface area contributed by atoms with Gasteiger partial charge < -0.3 is 24.4 Å². The lowest BCUT2D eigenvalue weighted by molar-refractivity contribution is -0.140. The summed E-state index contributed by atoms with van der Waals surface area (Å²) in [6.07, 6.45) is 0.114. The fraction of sp³-hybridized carbons (Fsp3) is 0.297. The summed E-state index contributed by atoms with van der Waals surface area (Å²) in [6.45, 7) is 4.58. The number of hydrogen-bond donors (Lipinski definition) is 1. The van der Waals surface area contributed by atoms with E-state index in [0.717, 1.165) is 9.87 Å². The summed E-state index contributed by atoms with van der Waals surface area (Å²) < 4.78 is 46.4. The molecule has 51 heavy (non-hydrogen) atoms. The Labute approximate surface area is 314 Å². The Hall–Kier alpha value is -4.16. The molecule has 10 nitrogen and oxygen atoms in total. The van der Waals surface area contributed by atoms with Crippen molar-refractivity contribution < 1.29 is 32.2 Å². The number of ether oxygens (including phenoxy) is 3. The zero-order chi connectivity index (χ0) is 37.5. The van der Waals surface area contributed by atoms with Crippen molar-refractivity contribution in [3.8, 4) is 17.2 Å². The number of carbonyl (C=O) groups excluding carboxylic acids is 2. The van der Waals surface area contributed by atoms with Crippen molar-refractivity contribution in [1.29, 1.82) is 0 Å². The zero-order valence-electron chi connectivity index (χ0n) is 29.1. The minimum absolute atomic E-state index is 0.00337. The summed E-state index contributed by atoms with van der Waals surface area (Å²) in [5.74, 6) is -0.561. The number of benzene rings is 4. The molecule has 0 saturated heterocycles. The molecule has 0 aliphatic rings. The van der Waals surface area contributed by atoms with E-state index in [0.29, 0.717) is 16.3 Å². The van der Waals surface area contributed by atoms with Crippen LogP contribution in [0, 0.1) is 0 Å². The van der Waals surface area contributed by atoms with Crippen LogP contribution in [-0.4, -0.2) is 64.6 Å². The van der Waals surface area contributed by atoms with E-state index in [1.807, 2.05) is 51.1 Å². The summed E-state index contributed by atoms with van der Waals surface area (Å²) in [7, 11) is -0.363. The van der Waals surface area contributed by atoms with E-state index in [-0.39, 0.29) is 45.1 Å². The van der Waals surface area contributed by atoms with Crippen LogP contribution in [0.1, 0.15) is 31.9 Å². The molecule has 4 aromatic carbocycles. The van der Waals surface area contributed by atoms with Crippen LogP contribution in [0.4, 0.5) is 5.69 Å². The molecule has 0 heterocycles. The fourth-order valence-electron chi connectivity index (χ4n) is 5.32. The van der Waals surface area contributed by atoms with Gasteiger partial charge in [-0.1, -0.05) is 71.2 Å². The highest BCUT2D eigenvalue weighted by Gasteiger charge is 2.37. The Balaban J connectivity index is 1.92. The van der Waals surface area contributed by atoms with Gasteiger partial charge in [-0.15, -0.1) is 0 Å². The smallest absolute Gasteiger partial charge is 0.265 e. The van der Waals surface area contributed by atoms with E-state index in [9.17, 15) is 18.0 Å². The Bertz CT molecular complexity index is 1970. The van der Waals surface area contributed by atoms with Gasteiger partial charge in [0.2, 0.25) is 11.8 Å². The number of hydrogen-bond acceptors (Lipinski definition) is 7. The molecule has 4 aromatic rings. The summed E-state index contributed by atoms with van der Waals surface area (Å²) in [5.41, 5.74) is 0.607. The van der Waals surface area contributed by atoms with Crippen LogP contribution in [0.15, 0.2) is 89.8 Å². The second-order valence-corrected chi connectivity index (χ2v) is 15.7. The molecule has 0 saturated carbocycles. The Morgan fingerprint density at radius 3 is 2.00 bits per heavy atom. The topological polar surface area (TPSA) is 114 Å². The number of anilines is 1. The third-order valence-corrected chi connectivity index (χ3v) is 10.3. The largest absolute Gasteiger partial charge is 0.495 e. The van der Waals surface area contributed by atoms with E-state index < -0.39 is 40.0 Å². The highest BCUT2D eigenvalue weighted by molar-refractivity contribution is 7.92. The number of carbonyl (C=O) groups is 2. The lowest BCUT2D eigenvalue weighted by Gasteiger charge is -2.35. The summed E-state index contributed by atoms with van der Waals surface area (Å²) in [5, 5.41) is 3.84. The van der Waals surface area contributed by atoms with Crippen molar-refractivity contribution in [3.63, 3.8) is 0 Å². The second kappa shape index (κ2) is 16.9. The Morgan fingerprint density at radius 2 is 1.39 bits per heavy atom. The van der Waals surface area contributed by atoms with E-state index >= 15 is 0 Å². The molecular weight excluding hydrogens is 737 g/mol. The minimum Gasteiger partial charge on any atom is -0.495 e. The maximum absolute atomic E-state index is 14.8. The normalized spacial score (nSPS) is 12.1. The first-order chi connectivity index (χ1) is 24.1. The molecule has 1 atom stereocenters. The highest BCUT2D eigenvalue weighted by Crippen LogP contribution is 2.37. The van der Waals surface area contributed by atoms with Gasteiger partial charge in [0.05, 0.1) is 31.9 Å². The predicted molar refractivity (Wildman–Crippen MR) is 201 cm³/mol. The molecule has 272 valence electrons. The predicted octanol–water partition coefficient (Wildman–Crippen LogP) is 7.42. The number of methoxy groups -OCH3 is 3. The number of halogens is 3. The molecule has 0 bridgehead atoms. The molecule has 0 fully saturated rings. The van der Waals surface area contributed by atoms with E-state index in [4.69, 9.17) is 49.0 Å². The van der Waals surface area contributed by atoms with Crippen LogP contribution in [0.25, 0.3) is 0 Å². The van der Waals surface area contributed by atoms with Gasteiger partial charge in [0.1, 0.15) is 18.3 Å². The summed E-state index contributed by atoms with van der Waals surface area (Å²) in [4.78, 5) is 30.1. The van der Waals surface area contributed by atoms with Gasteiger partial charge in [0.25, 0.3) is 10.0 Å². The maximum Gasteiger partial charge on any atom is 0.265 e. The molecule has 0 aromatic heterocycles. The van der Waals surface area contributed by atoms with Crippen LogP contribution in [0.3, 0.4) is 0 Å². The van der Waals surface area contributed by atoms with E-state index in [1.54, 1.807) is 12.1 Å². The number of rotatable bonds is 14. The maximum atomic E-state index is 14.8. The second-order valence-electron chi connectivity index (χ2n) is 12.5. The molecule has 0 aliphatic heterocycles. The van der Waals surface area contributed by atoms with Crippen LogP contribution >= 0.6 is 34.8 Å². The van der Waals surface area contributed by atoms with Crippen LogP contribution in [0.2, 0.25) is 15.1 Å². The minimum atomic E-state index is -4.54. The average molecular weight is 777 g/mol. The lowest BCUT2D eigenvalue weighted by Crippen LogP contribution is -2.56. The third-order valence-electron chi connectivity index (χ3n) is 7.76. The van der Waals surface area contributed by atoms with Crippen molar-refractivity contribution in [2.45, 2.75) is 50.2 Å². The van der Waals surface area contributed by atoms with Crippen LogP contribution in [-0.2, 0) is 32.6 Å². The van der Waals surface area contributed by atoms with Crippen molar-refractivity contribution in [1.82, 2.24) is 10.2 Å². The van der Waals surface area contributed by atoms with E-state index in [2.05, 4.69) is 5.32 Å². The highest BCUT2D eigenvalue weighted by atomic mass is 35.5. The molecule has 14 heteroatoms. The van der Waals surface area contributed by atoms with Gasteiger partial charge in [-0.25, -0.2) is 8.42 Å². The summed E-state index contributed by atoms with van der Waals surface area (Å²) >= 11 is 19.2. The number of nitrogens with zero attached hydrogens (tertiary/aromatic N) is 2. The first-order valence-electron chi connectivity index (χ1n) is 15.8. The number of nitrogens with one attached hydrogen (secondary N) is 1. The third kappa shape index (κ3) is 10.0. The monoisotopic (exact) mass is 775 g/mol. The molecular formula is C37H40Cl3N3O7S. The first kappa shape index (κ1) is 39.6. The van der Waals surface area contributed by atoms with Gasteiger partial charge in [0, 0.05) is 39.6 Å². The molecule has 1 N–H and O–H groups in total. The standard InChI is InChI=1S/C37H40Cl3N3O7S/c1-37(2,3)41-36(45)31(18-24-10-8-7-9-11-24)42(22-25-12-13-26(38)19-29(25)40)35(44)23-43(30-20-27(39)14-16-32(30)48-4)51(46,47)28-15-17-33(49-5)34(21-28)50-6/h7-17,19-21,31H,18,22-23H2,1-6H3,(H,41,45)/t31-/m1/s1. The fourth-order valence-corrected chi connectivity index (χ4v) is 7.38. The van der Waals surface area contributed by atoms with Crippen LogP contribution in [0.5, 0.6) is 17.2 Å². The van der Waals surface area contributed by atoms with E-state index in [1.165, 1.54) is 68.7 Å². The van der Waals surface area contributed by atoms with Crippen molar-refractivity contribution >= 4 is 62.3 Å². The zero-order valence-corrected chi connectivity index (χ0v) is 32.2. The van der Waals surface area contributed by atoms with Gasteiger partial charge in [-0.05, 0) is 74.4 Å². The SMILES string of the molecule is COc1ccc(S(=O)(=O)N(CC(=O)N(Cc2ccc(Cl)cc2Cl)[C@H](Cc2ccccc2)C(=O)NC(C)(C)C)c2cc(Cl)ccc2OC)cc1OC. The van der Waals surface area contributed by atoms with Crippen molar-refractivity contribution in [3.05, 3.63) is 111 Å². The van der Waals surface area contributed by atoms with Gasteiger partial charge in [-0.3, -0.25) is 13.9 Å². The molecule has 2 amide bonds. The number of amides is 2. The molecule has 0 unspecified atom stereocenters. The van der Waals surface area contributed by atoms with Crippen LogP contribution < -0.4 is 23.8 Å². The quantitative estimate of drug-likeness (QED) is 0.142. The van der Waals surface area contributed by atoms with Gasteiger partial charge >= 0.3 is 0 Å². The number of sulfonamides is 1. The molecule has 0 aliphatic carbocycles. The first-order valence-corrected chi connectivity index (χ1v) is 18.3. The molecule has 0 spiro atoms.